The van der Waals surface area contributed by atoms with Crippen LogP contribution in [0.2, 0.25) is 0 Å². The number of aromatic nitrogens is 1. The molecule has 16 heavy (non-hydrogen) atoms. The number of hydrogen-bond donors (Lipinski definition) is 0. The van der Waals surface area contributed by atoms with E-state index in [0.29, 0.717) is 12.1 Å². The van der Waals surface area contributed by atoms with E-state index < -0.39 is 0 Å². The first-order valence-electron chi connectivity index (χ1n) is 6.48. The van der Waals surface area contributed by atoms with E-state index in [0.717, 1.165) is 5.92 Å². The van der Waals surface area contributed by atoms with Gasteiger partial charge in [0.15, 0.2) is 0 Å². The maximum atomic E-state index is 4.53. The van der Waals surface area contributed by atoms with Crippen LogP contribution in [0.3, 0.4) is 0 Å². The minimum Gasteiger partial charge on any atom is -0.292 e. The Morgan fingerprint density at radius 1 is 1.38 bits per heavy atom. The second-order valence-electron chi connectivity index (χ2n) is 4.72. The molecule has 2 atom stereocenters. The molecule has 88 valence electrons. The minimum absolute atomic E-state index is 0.608. The predicted octanol–water partition coefficient (Wildman–Crippen LogP) is 3.36. The first-order chi connectivity index (χ1) is 7.77. The number of pyridine rings is 1. The zero-order chi connectivity index (χ0) is 11.7. The number of nitrogens with zero attached hydrogens (tertiary/aromatic N) is 2. The number of likely N-dealkylation sites (tertiary alicyclic amines) is 1. The molecule has 2 unspecified atom stereocenters. The molecule has 1 aromatic heterocycles. The van der Waals surface area contributed by atoms with Gasteiger partial charge < -0.3 is 0 Å². The average molecular weight is 218 g/mol. The number of hydrogen-bond acceptors (Lipinski definition) is 2. The Morgan fingerprint density at radius 3 is 2.81 bits per heavy atom. The van der Waals surface area contributed by atoms with Gasteiger partial charge in [0.25, 0.3) is 0 Å². The van der Waals surface area contributed by atoms with E-state index in [9.17, 15) is 0 Å². The molecule has 1 saturated heterocycles. The Balaban J connectivity index is 0.000000457. The fourth-order valence-electron chi connectivity index (χ4n) is 2.98. The van der Waals surface area contributed by atoms with Crippen molar-refractivity contribution in [3.05, 3.63) is 29.6 Å². The van der Waals surface area contributed by atoms with E-state index in [4.69, 9.17) is 0 Å². The summed E-state index contributed by atoms with van der Waals surface area (Å²) < 4.78 is 0. The van der Waals surface area contributed by atoms with Crippen LogP contribution in [-0.2, 0) is 0 Å². The fraction of sp³-hybridized carbons (Fsp3) is 0.643. The minimum atomic E-state index is 0.608. The summed E-state index contributed by atoms with van der Waals surface area (Å²) >= 11 is 0. The van der Waals surface area contributed by atoms with Gasteiger partial charge >= 0.3 is 0 Å². The lowest BCUT2D eigenvalue weighted by Crippen LogP contribution is -2.33. The van der Waals surface area contributed by atoms with E-state index in [1.807, 2.05) is 20.0 Å². The van der Waals surface area contributed by atoms with Crippen LogP contribution in [0.1, 0.15) is 57.3 Å². The molecule has 2 bridgehead atoms. The first-order valence-corrected chi connectivity index (χ1v) is 6.48. The molecule has 2 heteroatoms. The van der Waals surface area contributed by atoms with Crippen molar-refractivity contribution in [3.8, 4) is 0 Å². The SMILES string of the molecule is CC.CC(C)N1CC2CC1c1ncccc12. The van der Waals surface area contributed by atoms with Gasteiger partial charge in [0.2, 0.25) is 0 Å². The van der Waals surface area contributed by atoms with Gasteiger partial charge in [0, 0.05) is 24.7 Å². The van der Waals surface area contributed by atoms with Crippen molar-refractivity contribution < 1.29 is 0 Å². The Morgan fingerprint density at radius 2 is 2.12 bits per heavy atom. The summed E-state index contributed by atoms with van der Waals surface area (Å²) in [4.78, 5) is 7.12. The Labute approximate surface area is 98.7 Å². The molecule has 2 nitrogen and oxygen atoms in total. The van der Waals surface area contributed by atoms with Gasteiger partial charge in [-0.1, -0.05) is 19.9 Å². The van der Waals surface area contributed by atoms with E-state index in [2.05, 4.69) is 35.9 Å². The standard InChI is InChI=1S/C12H16N2.C2H6/c1-8(2)14-7-9-6-11(14)12-10(9)4-3-5-13-12;1-2/h3-5,8-9,11H,6-7H2,1-2H3;1-2H3. The fourth-order valence-corrected chi connectivity index (χ4v) is 2.98. The zero-order valence-corrected chi connectivity index (χ0v) is 10.8. The third-order valence-electron chi connectivity index (χ3n) is 3.63. The van der Waals surface area contributed by atoms with E-state index in [1.165, 1.54) is 24.2 Å². The number of rotatable bonds is 1. The van der Waals surface area contributed by atoms with Gasteiger partial charge in [-0.3, -0.25) is 9.88 Å². The van der Waals surface area contributed by atoms with Crippen LogP contribution in [0, 0.1) is 0 Å². The third kappa shape index (κ3) is 1.65. The highest BCUT2D eigenvalue weighted by molar-refractivity contribution is 5.36. The van der Waals surface area contributed by atoms with Crippen LogP contribution in [0.4, 0.5) is 0 Å². The van der Waals surface area contributed by atoms with Crippen LogP contribution in [-0.4, -0.2) is 22.5 Å². The first kappa shape index (κ1) is 11.6. The second-order valence-corrected chi connectivity index (χ2v) is 4.72. The molecule has 0 saturated carbocycles. The number of fused-ring (bicyclic) bond motifs is 5. The van der Waals surface area contributed by atoms with Crippen LogP contribution in [0.15, 0.2) is 18.3 Å². The Kier molecular flexibility index (Phi) is 3.29. The topological polar surface area (TPSA) is 16.1 Å². The molecule has 1 fully saturated rings. The smallest absolute Gasteiger partial charge is 0.0610 e. The van der Waals surface area contributed by atoms with Crippen molar-refractivity contribution in [3.63, 3.8) is 0 Å². The van der Waals surface area contributed by atoms with Crippen LogP contribution >= 0.6 is 0 Å². The summed E-state index contributed by atoms with van der Waals surface area (Å²) in [6, 6.07) is 5.58. The van der Waals surface area contributed by atoms with Crippen molar-refractivity contribution in [2.24, 2.45) is 0 Å². The van der Waals surface area contributed by atoms with Crippen LogP contribution < -0.4 is 0 Å². The normalized spacial score (nSPS) is 26.6. The molecule has 0 amide bonds. The lowest BCUT2D eigenvalue weighted by atomic mass is 10.0. The van der Waals surface area contributed by atoms with Crippen molar-refractivity contribution in [2.45, 2.75) is 52.1 Å². The highest BCUT2D eigenvalue weighted by Gasteiger charge is 2.43. The monoisotopic (exact) mass is 218 g/mol. The third-order valence-corrected chi connectivity index (χ3v) is 3.63. The quantitative estimate of drug-likeness (QED) is 0.718. The Hall–Kier alpha value is -0.890. The van der Waals surface area contributed by atoms with E-state index in [-0.39, 0.29) is 0 Å². The predicted molar refractivity (Wildman–Crippen MR) is 67.5 cm³/mol. The lowest BCUT2D eigenvalue weighted by molar-refractivity contribution is 0.194. The molecule has 2 heterocycles. The molecule has 0 radical (unpaired) electrons. The Bertz CT molecular complexity index is 360. The highest BCUT2D eigenvalue weighted by atomic mass is 15.2. The molecular formula is C14H22N2. The highest BCUT2D eigenvalue weighted by Crippen LogP contribution is 2.49. The summed E-state index contributed by atoms with van der Waals surface area (Å²) in [6.07, 6.45) is 3.22. The van der Waals surface area contributed by atoms with Crippen LogP contribution in [0.25, 0.3) is 0 Å². The maximum Gasteiger partial charge on any atom is 0.0610 e. The summed E-state index contributed by atoms with van der Waals surface area (Å²) in [6.45, 7) is 9.80. The van der Waals surface area contributed by atoms with Crippen molar-refractivity contribution >= 4 is 0 Å². The van der Waals surface area contributed by atoms with E-state index in [1.54, 1.807) is 0 Å². The maximum absolute atomic E-state index is 4.53. The lowest BCUT2D eigenvalue weighted by Gasteiger charge is -2.31. The summed E-state index contributed by atoms with van der Waals surface area (Å²) in [5.41, 5.74) is 2.85. The molecule has 2 aliphatic rings. The van der Waals surface area contributed by atoms with Crippen molar-refractivity contribution in [2.75, 3.05) is 6.54 Å². The molecular weight excluding hydrogens is 196 g/mol. The van der Waals surface area contributed by atoms with Gasteiger partial charge in [-0.25, -0.2) is 0 Å². The molecule has 3 rings (SSSR count). The van der Waals surface area contributed by atoms with Gasteiger partial charge in [0.1, 0.15) is 0 Å². The van der Waals surface area contributed by atoms with Gasteiger partial charge in [-0.05, 0) is 31.9 Å². The largest absolute Gasteiger partial charge is 0.292 e. The van der Waals surface area contributed by atoms with Gasteiger partial charge in [-0.2, -0.15) is 0 Å². The van der Waals surface area contributed by atoms with Crippen molar-refractivity contribution in [1.29, 1.82) is 0 Å². The summed E-state index contributed by atoms with van der Waals surface area (Å²) in [7, 11) is 0. The molecule has 1 aliphatic heterocycles. The molecule has 1 aliphatic carbocycles. The summed E-state index contributed by atoms with van der Waals surface area (Å²) in [5, 5.41) is 0. The van der Waals surface area contributed by atoms with Gasteiger partial charge in [-0.15, -0.1) is 0 Å². The molecule has 0 spiro atoms. The van der Waals surface area contributed by atoms with Crippen molar-refractivity contribution in [1.82, 2.24) is 9.88 Å². The molecule has 0 N–H and O–H groups in total. The average Bonchev–Trinajstić information content (AvgIpc) is 2.90. The summed E-state index contributed by atoms with van der Waals surface area (Å²) in [5.74, 6) is 0.756. The zero-order valence-electron chi connectivity index (χ0n) is 10.8. The van der Waals surface area contributed by atoms with Crippen LogP contribution in [0.5, 0.6) is 0 Å². The second kappa shape index (κ2) is 4.54. The van der Waals surface area contributed by atoms with E-state index >= 15 is 0 Å². The molecule has 1 aromatic rings. The van der Waals surface area contributed by atoms with Gasteiger partial charge in [0.05, 0.1) is 11.7 Å². The molecule has 0 aromatic carbocycles.